The van der Waals surface area contributed by atoms with Crippen molar-refractivity contribution in [2.75, 3.05) is 0 Å². The maximum absolute atomic E-state index is 13.2. The van der Waals surface area contributed by atoms with E-state index in [4.69, 9.17) is 11.6 Å². The summed E-state index contributed by atoms with van der Waals surface area (Å²) in [5.74, 6) is 1.30. The Balaban J connectivity index is 1.56. The Morgan fingerprint density at radius 2 is 1.58 bits per heavy atom. The van der Waals surface area contributed by atoms with Gasteiger partial charge in [-0.2, -0.15) is 0 Å². The second kappa shape index (κ2) is 8.57. The van der Waals surface area contributed by atoms with Gasteiger partial charge in [0, 0.05) is 17.3 Å². The number of aryl methyl sites for hydroxylation is 2. The summed E-state index contributed by atoms with van der Waals surface area (Å²) in [6.07, 6.45) is 0.745. The Kier molecular flexibility index (Phi) is 5.49. The monoisotopic (exact) mass is 446 g/mol. The summed E-state index contributed by atoms with van der Waals surface area (Å²) in [4.78, 5) is 13.2. The van der Waals surface area contributed by atoms with Crippen molar-refractivity contribution in [2.45, 2.75) is 23.9 Å². The van der Waals surface area contributed by atoms with Crippen LogP contribution in [0.15, 0.2) is 88.8 Å². The molecule has 0 radical (unpaired) electrons. The maximum Gasteiger partial charge on any atom is 0.262 e. The molecule has 7 heteroatoms. The van der Waals surface area contributed by atoms with Gasteiger partial charge in [-0.3, -0.25) is 13.8 Å². The Hall–Kier alpha value is -3.09. The van der Waals surface area contributed by atoms with E-state index in [1.165, 1.54) is 5.56 Å². The van der Waals surface area contributed by atoms with E-state index in [0.717, 1.165) is 33.4 Å². The summed E-state index contributed by atoms with van der Waals surface area (Å²) in [5, 5.41) is 11.0. The second-order valence-corrected chi connectivity index (χ2v) is 8.62. The Morgan fingerprint density at radius 1 is 0.839 bits per heavy atom. The molecule has 0 atom stereocenters. The molecule has 5 rings (SSSR count). The van der Waals surface area contributed by atoms with Crippen molar-refractivity contribution in [1.82, 2.24) is 19.2 Å². The zero-order valence-corrected chi connectivity index (χ0v) is 18.2. The minimum Gasteiger partial charge on any atom is -0.276 e. The summed E-state index contributed by atoms with van der Waals surface area (Å²) < 4.78 is 3.72. The van der Waals surface area contributed by atoms with Gasteiger partial charge in [-0.1, -0.05) is 78.0 Å². The Labute approximate surface area is 188 Å². The third-order valence-corrected chi connectivity index (χ3v) is 6.48. The number of rotatable bonds is 6. The van der Waals surface area contributed by atoms with Gasteiger partial charge >= 0.3 is 0 Å². The molecule has 5 aromatic rings. The van der Waals surface area contributed by atoms with E-state index in [1.807, 2.05) is 71.1 Å². The number of aromatic nitrogens is 4. The number of thioether (sulfide) groups is 1. The first-order valence-electron chi connectivity index (χ1n) is 9.98. The summed E-state index contributed by atoms with van der Waals surface area (Å²) in [6, 6.07) is 25.6. The first-order chi connectivity index (χ1) is 15.2. The summed E-state index contributed by atoms with van der Waals surface area (Å²) in [6.45, 7) is 0.539. The minimum atomic E-state index is -0.0410. The molecule has 0 aliphatic rings. The molecule has 0 bridgehead atoms. The average molecular weight is 447 g/mol. The molecule has 0 amide bonds. The van der Waals surface area contributed by atoms with Gasteiger partial charge in [0.25, 0.3) is 5.56 Å². The quantitative estimate of drug-likeness (QED) is 0.335. The third-order valence-electron chi connectivity index (χ3n) is 5.23. The van der Waals surface area contributed by atoms with Crippen molar-refractivity contribution in [3.63, 3.8) is 0 Å². The van der Waals surface area contributed by atoms with Crippen LogP contribution in [0.4, 0.5) is 0 Å². The predicted molar refractivity (Wildman–Crippen MR) is 126 cm³/mol. The van der Waals surface area contributed by atoms with E-state index in [2.05, 4.69) is 22.3 Å². The first kappa shape index (κ1) is 19.8. The molecule has 0 aliphatic heterocycles. The molecule has 2 heterocycles. The molecule has 0 unspecified atom stereocenters. The Bertz CT molecular complexity index is 1410. The molecule has 5 nitrogen and oxygen atoms in total. The summed E-state index contributed by atoms with van der Waals surface area (Å²) in [5.41, 5.74) is 3.10. The molecule has 0 spiro atoms. The first-order valence-corrected chi connectivity index (χ1v) is 11.3. The highest BCUT2D eigenvalue weighted by molar-refractivity contribution is 7.98. The zero-order valence-electron chi connectivity index (χ0n) is 16.6. The predicted octanol–water partition coefficient (Wildman–Crippen LogP) is 5.23. The van der Waals surface area contributed by atoms with Crippen LogP contribution in [0.3, 0.4) is 0 Å². The van der Waals surface area contributed by atoms with Gasteiger partial charge in [0.1, 0.15) is 0 Å². The molecule has 0 aliphatic carbocycles. The van der Waals surface area contributed by atoms with Gasteiger partial charge in [-0.05, 0) is 41.8 Å². The van der Waals surface area contributed by atoms with Gasteiger partial charge in [-0.25, -0.2) is 0 Å². The highest BCUT2D eigenvalue weighted by atomic mass is 35.5. The van der Waals surface area contributed by atoms with Gasteiger partial charge in [0.15, 0.2) is 5.16 Å². The van der Waals surface area contributed by atoms with Crippen LogP contribution in [0.2, 0.25) is 5.02 Å². The number of para-hydroxylation sites is 1. The van der Waals surface area contributed by atoms with Crippen LogP contribution in [-0.4, -0.2) is 19.2 Å². The number of benzene rings is 3. The van der Waals surface area contributed by atoms with Gasteiger partial charge < -0.3 is 0 Å². The van der Waals surface area contributed by atoms with Crippen molar-refractivity contribution >= 4 is 40.0 Å². The summed E-state index contributed by atoms with van der Waals surface area (Å²) in [7, 11) is 0. The van der Waals surface area contributed by atoms with Gasteiger partial charge in [0.2, 0.25) is 5.78 Å². The number of halogens is 1. The molecule has 0 fully saturated rings. The minimum absolute atomic E-state index is 0.0410. The Morgan fingerprint density at radius 3 is 2.39 bits per heavy atom. The molecular weight excluding hydrogens is 428 g/mol. The molecule has 0 saturated heterocycles. The molecular formula is C24H19ClN4OS. The fraction of sp³-hybridized carbons (Fsp3) is 0.125. The number of hydrogen-bond acceptors (Lipinski definition) is 4. The molecule has 0 saturated carbocycles. The van der Waals surface area contributed by atoms with Crippen molar-refractivity contribution in [1.29, 1.82) is 0 Å². The highest BCUT2D eigenvalue weighted by Gasteiger charge is 2.16. The van der Waals surface area contributed by atoms with Crippen LogP contribution in [0, 0.1) is 0 Å². The van der Waals surface area contributed by atoms with Crippen molar-refractivity contribution in [3.05, 3.63) is 105 Å². The number of fused-ring (bicyclic) bond motifs is 3. The molecule has 0 N–H and O–H groups in total. The lowest BCUT2D eigenvalue weighted by molar-refractivity contribution is 0.677. The van der Waals surface area contributed by atoms with E-state index in [1.54, 1.807) is 16.3 Å². The number of nitrogens with zero attached hydrogens (tertiary/aromatic N) is 4. The topological polar surface area (TPSA) is 52.2 Å². The van der Waals surface area contributed by atoms with E-state index in [0.29, 0.717) is 17.7 Å². The standard InChI is InChI=1S/C24H19ClN4OS/c25-19-12-10-18(11-13-19)16-31-24-27-26-23-28(15-14-17-6-2-1-3-7-17)22(30)20-8-4-5-9-21(20)29(23)24/h1-13H,14-16H2. The van der Waals surface area contributed by atoms with E-state index >= 15 is 0 Å². The maximum atomic E-state index is 13.2. The van der Waals surface area contributed by atoms with Crippen LogP contribution < -0.4 is 5.56 Å². The van der Waals surface area contributed by atoms with Gasteiger partial charge in [0.05, 0.1) is 10.9 Å². The lowest BCUT2D eigenvalue weighted by Crippen LogP contribution is -2.24. The lowest BCUT2D eigenvalue weighted by atomic mass is 10.1. The van der Waals surface area contributed by atoms with Crippen LogP contribution in [0.1, 0.15) is 11.1 Å². The lowest BCUT2D eigenvalue weighted by Gasteiger charge is -2.11. The van der Waals surface area contributed by atoms with Crippen LogP contribution in [0.5, 0.6) is 0 Å². The highest BCUT2D eigenvalue weighted by Crippen LogP contribution is 2.25. The fourth-order valence-electron chi connectivity index (χ4n) is 3.64. The van der Waals surface area contributed by atoms with Crippen molar-refractivity contribution in [3.8, 4) is 0 Å². The van der Waals surface area contributed by atoms with E-state index in [9.17, 15) is 4.79 Å². The smallest absolute Gasteiger partial charge is 0.262 e. The van der Waals surface area contributed by atoms with Crippen LogP contribution in [0.25, 0.3) is 16.7 Å². The SMILES string of the molecule is O=c1c2ccccc2n2c(SCc3ccc(Cl)cc3)nnc2n1CCc1ccccc1. The molecule has 154 valence electrons. The largest absolute Gasteiger partial charge is 0.276 e. The van der Waals surface area contributed by atoms with Crippen molar-refractivity contribution in [2.24, 2.45) is 0 Å². The van der Waals surface area contributed by atoms with E-state index < -0.39 is 0 Å². The second-order valence-electron chi connectivity index (χ2n) is 7.24. The zero-order chi connectivity index (χ0) is 21.2. The van der Waals surface area contributed by atoms with Crippen LogP contribution >= 0.6 is 23.4 Å². The summed E-state index contributed by atoms with van der Waals surface area (Å²) >= 11 is 7.59. The molecule has 2 aromatic heterocycles. The van der Waals surface area contributed by atoms with Crippen LogP contribution in [-0.2, 0) is 18.7 Å². The molecule has 31 heavy (non-hydrogen) atoms. The van der Waals surface area contributed by atoms with Crippen molar-refractivity contribution < 1.29 is 0 Å². The van der Waals surface area contributed by atoms with Gasteiger partial charge in [-0.15, -0.1) is 10.2 Å². The fourth-order valence-corrected chi connectivity index (χ4v) is 4.66. The third kappa shape index (κ3) is 3.96. The normalized spacial score (nSPS) is 11.4. The van der Waals surface area contributed by atoms with E-state index in [-0.39, 0.29) is 5.56 Å². The number of hydrogen-bond donors (Lipinski definition) is 0. The average Bonchev–Trinajstić information content (AvgIpc) is 3.23. The molecule has 3 aromatic carbocycles.